The smallest absolute Gasteiger partial charge is 0.0684 e. The van der Waals surface area contributed by atoms with E-state index in [9.17, 15) is 0 Å². The molecule has 0 aromatic heterocycles. The average Bonchev–Trinajstić information content (AvgIpc) is 2.54. The summed E-state index contributed by atoms with van der Waals surface area (Å²) < 4.78 is 0. The number of hydrogen-bond acceptors (Lipinski definition) is 1. The number of halogens is 1. The van der Waals surface area contributed by atoms with Gasteiger partial charge < -0.3 is 5.11 Å². The molecule has 0 aliphatic heterocycles. The zero-order valence-corrected chi connectivity index (χ0v) is 7.56. The quantitative estimate of drug-likeness (QED) is 0.707. The average molecular weight is 183 g/mol. The highest BCUT2D eigenvalue weighted by Crippen LogP contribution is 2.31. The Morgan fingerprint density at radius 1 is 1.25 bits per heavy atom. The van der Waals surface area contributed by atoms with Crippen molar-refractivity contribution in [1.82, 2.24) is 0 Å². The number of aliphatic hydroxyl groups is 1. The summed E-state index contributed by atoms with van der Waals surface area (Å²) in [6.07, 6.45) is 3.32. The van der Waals surface area contributed by atoms with Crippen LogP contribution in [-0.2, 0) is 19.4 Å². The van der Waals surface area contributed by atoms with Crippen LogP contribution in [0.5, 0.6) is 0 Å². The van der Waals surface area contributed by atoms with Crippen LogP contribution >= 0.6 is 11.6 Å². The second-order valence-electron chi connectivity index (χ2n) is 3.18. The van der Waals surface area contributed by atoms with Gasteiger partial charge in [-0.25, -0.2) is 0 Å². The van der Waals surface area contributed by atoms with E-state index in [4.69, 9.17) is 16.7 Å². The first kappa shape index (κ1) is 8.09. The van der Waals surface area contributed by atoms with E-state index in [0.29, 0.717) is 0 Å². The van der Waals surface area contributed by atoms with Gasteiger partial charge in [0.25, 0.3) is 0 Å². The summed E-state index contributed by atoms with van der Waals surface area (Å²) in [4.78, 5) is 0. The van der Waals surface area contributed by atoms with Crippen LogP contribution in [0.3, 0.4) is 0 Å². The summed E-state index contributed by atoms with van der Waals surface area (Å²) >= 11 is 6.02. The zero-order chi connectivity index (χ0) is 8.55. The first-order valence-corrected chi connectivity index (χ1v) is 4.60. The molecule has 1 nitrogen and oxygen atoms in total. The molecule has 0 saturated heterocycles. The predicted octanol–water partition coefficient (Wildman–Crippen LogP) is 2.32. The van der Waals surface area contributed by atoms with Gasteiger partial charge in [-0.3, -0.25) is 0 Å². The Labute approximate surface area is 77.0 Å². The van der Waals surface area contributed by atoms with Crippen molar-refractivity contribution in [2.45, 2.75) is 25.9 Å². The lowest BCUT2D eigenvalue weighted by Crippen LogP contribution is -1.93. The van der Waals surface area contributed by atoms with Crippen molar-refractivity contribution in [3.8, 4) is 0 Å². The largest absolute Gasteiger partial charge is 0.392 e. The third-order valence-electron chi connectivity index (χ3n) is 2.49. The Bertz CT molecular complexity index is 307. The van der Waals surface area contributed by atoms with E-state index in [1.54, 1.807) is 0 Å². The third-order valence-corrected chi connectivity index (χ3v) is 2.85. The molecule has 64 valence electrons. The fourth-order valence-corrected chi connectivity index (χ4v) is 2.16. The topological polar surface area (TPSA) is 20.2 Å². The maximum absolute atomic E-state index is 9.05. The van der Waals surface area contributed by atoms with Crippen LogP contribution in [0.2, 0.25) is 5.02 Å². The van der Waals surface area contributed by atoms with Gasteiger partial charge in [0.1, 0.15) is 0 Å². The van der Waals surface area contributed by atoms with Crippen molar-refractivity contribution in [2.24, 2.45) is 0 Å². The van der Waals surface area contributed by atoms with E-state index in [1.165, 1.54) is 17.5 Å². The fourth-order valence-electron chi connectivity index (χ4n) is 1.88. The Morgan fingerprint density at radius 2 is 2.00 bits per heavy atom. The van der Waals surface area contributed by atoms with Crippen molar-refractivity contribution < 1.29 is 5.11 Å². The first-order chi connectivity index (χ1) is 5.83. The molecule has 2 rings (SSSR count). The lowest BCUT2D eigenvalue weighted by atomic mass is 10.0. The molecule has 2 heteroatoms. The van der Waals surface area contributed by atoms with Crippen LogP contribution in [0.4, 0.5) is 0 Å². The molecule has 0 atom stereocenters. The van der Waals surface area contributed by atoms with Crippen molar-refractivity contribution in [2.75, 3.05) is 0 Å². The molecule has 0 fully saturated rings. The second kappa shape index (κ2) is 3.08. The summed E-state index contributed by atoms with van der Waals surface area (Å²) in [6.45, 7) is 0.138. The van der Waals surface area contributed by atoms with E-state index in [2.05, 4.69) is 0 Å². The standard InChI is InChI=1S/C10H11ClO/c11-10-5-4-7(6-12)8-2-1-3-9(8)10/h4-5,12H,1-3,6H2. The maximum Gasteiger partial charge on any atom is 0.0684 e. The molecule has 1 aliphatic carbocycles. The monoisotopic (exact) mass is 182 g/mol. The van der Waals surface area contributed by atoms with E-state index in [1.807, 2.05) is 12.1 Å². The molecule has 0 amide bonds. The van der Waals surface area contributed by atoms with Crippen LogP contribution in [0.25, 0.3) is 0 Å². The number of fused-ring (bicyclic) bond motifs is 1. The maximum atomic E-state index is 9.05. The van der Waals surface area contributed by atoms with Crippen molar-refractivity contribution in [3.05, 3.63) is 33.8 Å². The molecule has 12 heavy (non-hydrogen) atoms. The number of benzene rings is 1. The van der Waals surface area contributed by atoms with Gasteiger partial charge in [-0.05, 0) is 42.0 Å². The molecule has 1 aromatic carbocycles. The van der Waals surface area contributed by atoms with Crippen molar-refractivity contribution in [1.29, 1.82) is 0 Å². The zero-order valence-electron chi connectivity index (χ0n) is 6.81. The molecule has 0 bridgehead atoms. The Hall–Kier alpha value is -0.530. The van der Waals surface area contributed by atoms with Gasteiger partial charge >= 0.3 is 0 Å². The van der Waals surface area contributed by atoms with Gasteiger partial charge in [-0.15, -0.1) is 0 Å². The van der Waals surface area contributed by atoms with Gasteiger partial charge in [-0.2, -0.15) is 0 Å². The van der Waals surface area contributed by atoms with E-state index >= 15 is 0 Å². The normalized spacial score (nSPS) is 14.8. The Morgan fingerprint density at radius 3 is 2.75 bits per heavy atom. The molecular weight excluding hydrogens is 172 g/mol. The van der Waals surface area contributed by atoms with Gasteiger partial charge in [0.15, 0.2) is 0 Å². The molecule has 0 heterocycles. The number of aliphatic hydroxyl groups excluding tert-OH is 1. The third kappa shape index (κ3) is 1.13. The van der Waals surface area contributed by atoms with Crippen molar-refractivity contribution in [3.63, 3.8) is 0 Å². The number of rotatable bonds is 1. The molecule has 1 N–H and O–H groups in total. The molecule has 0 unspecified atom stereocenters. The van der Waals surface area contributed by atoms with Crippen LogP contribution in [0, 0.1) is 0 Å². The van der Waals surface area contributed by atoms with Gasteiger partial charge in [0.2, 0.25) is 0 Å². The summed E-state index contributed by atoms with van der Waals surface area (Å²) in [5.41, 5.74) is 3.58. The van der Waals surface area contributed by atoms with E-state index < -0.39 is 0 Å². The lowest BCUT2D eigenvalue weighted by Gasteiger charge is -2.06. The molecule has 1 aromatic rings. The molecule has 0 spiro atoms. The van der Waals surface area contributed by atoms with Gasteiger partial charge in [0, 0.05) is 5.02 Å². The highest BCUT2D eigenvalue weighted by atomic mass is 35.5. The molecular formula is C10H11ClO. The number of hydrogen-bond donors (Lipinski definition) is 1. The minimum atomic E-state index is 0.138. The molecule has 1 aliphatic rings. The van der Waals surface area contributed by atoms with Crippen LogP contribution in [0.1, 0.15) is 23.1 Å². The minimum Gasteiger partial charge on any atom is -0.392 e. The van der Waals surface area contributed by atoms with Crippen molar-refractivity contribution >= 4 is 11.6 Å². The molecule has 0 radical (unpaired) electrons. The molecule has 0 saturated carbocycles. The highest BCUT2D eigenvalue weighted by Gasteiger charge is 2.16. The van der Waals surface area contributed by atoms with E-state index in [-0.39, 0.29) is 6.61 Å². The predicted molar refractivity (Wildman–Crippen MR) is 49.4 cm³/mol. The summed E-state index contributed by atoms with van der Waals surface area (Å²) in [7, 11) is 0. The van der Waals surface area contributed by atoms with E-state index in [0.717, 1.165) is 23.4 Å². The first-order valence-electron chi connectivity index (χ1n) is 4.23. The van der Waals surface area contributed by atoms with Gasteiger partial charge in [-0.1, -0.05) is 17.7 Å². The highest BCUT2D eigenvalue weighted by molar-refractivity contribution is 6.31. The lowest BCUT2D eigenvalue weighted by molar-refractivity contribution is 0.280. The second-order valence-corrected chi connectivity index (χ2v) is 3.58. The minimum absolute atomic E-state index is 0.138. The summed E-state index contributed by atoms with van der Waals surface area (Å²) in [5, 5.41) is 9.91. The SMILES string of the molecule is OCc1ccc(Cl)c2c1CCC2. The Balaban J connectivity index is 2.57. The fraction of sp³-hybridized carbons (Fsp3) is 0.400. The van der Waals surface area contributed by atoms with Crippen LogP contribution < -0.4 is 0 Å². The van der Waals surface area contributed by atoms with Gasteiger partial charge in [0.05, 0.1) is 6.61 Å². The van der Waals surface area contributed by atoms with Crippen LogP contribution in [-0.4, -0.2) is 5.11 Å². The summed E-state index contributed by atoms with van der Waals surface area (Å²) in [6, 6.07) is 3.81. The Kier molecular flexibility index (Phi) is 2.07. The summed E-state index contributed by atoms with van der Waals surface area (Å²) in [5.74, 6) is 0. The van der Waals surface area contributed by atoms with Crippen LogP contribution in [0.15, 0.2) is 12.1 Å².